The molecule has 0 spiro atoms. The van der Waals surface area contributed by atoms with Crippen LogP contribution in [0.15, 0.2) is 46.9 Å². The fourth-order valence-electron chi connectivity index (χ4n) is 2.28. The van der Waals surface area contributed by atoms with Gasteiger partial charge in [0.15, 0.2) is 0 Å². The summed E-state index contributed by atoms with van der Waals surface area (Å²) in [6.45, 7) is 0.213. The van der Waals surface area contributed by atoms with Gasteiger partial charge in [-0.25, -0.2) is 22.8 Å². The zero-order valence-corrected chi connectivity index (χ0v) is 15.9. The van der Waals surface area contributed by atoms with E-state index in [0.717, 1.165) is 10.8 Å². The Bertz CT molecular complexity index is 968. The monoisotopic (exact) mass is 394 g/mol. The standard InChI is InChI=1S/C16H18N4O4S2/c1-23-13-4-5-14(24-2)15(10-13)26(21,22)18-8-6-12-11-25-16(19-12)20-9-3-7-17-20/h3-5,7,9-11,18H,6,8H2,1-2H3. The van der Waals surface area contributed by atoms with E-state index < -0.39 is 10.0 Å². The number of rotatable bonds is 8. The fraction of sp³-hybridized carbons (Fsp3) is 0.250. The third-order valence-electron chi connectivity index (χ3n) is 3.57. The Balaban J connectivity index is 1.67. The van der Waals surface area contributed by atoms with Crippen LogP contribution in [0.1, 0.15) is 5.69 Å². The van der Waals surface area contributed by atoms with Gasteiger partial charge in [-0.15, -0.1) is 11.3 Å². The van der Waals surface area contributed by atoms with Gasteiger partial charge in [0.25, 0.3) is 0 Å². The molecule has 138 valence electrons. The number of benzene rings is 1. The number of sulfonamides is 1. The quantitative estimate of drug-likeness (QED) is 0.627. The molecular weight excluding hydrogens is 376 g/mol. The molecule has 0 aliphatic carbocycles. The molecular formula is C16H18N4O4S2. The van der Waals surface area contributed by atoms with Crippen LogP contribution < -0.4 is 14.2 Å². The Kier molecular flexibility index (Phi) is 5.55. The predicted molar refractivity (Wildman–Crippen MR) is 97.7 cm³/mol. The van der Waals surface area contributed by atoms with E-state index in [-0.39, 0.29) is 17.2 Å². The molecule has 0 aliphatic heterocycles. The highest BCUT2D eigenvalue weighted by molar-refractivity contribution is 7.89. The molecule has 26 heavy (non-hydrogen) atoms. The van der Waals surface area contributed by atoms with Crippen LogP contribution in [0.5, 0.6) is 11.5 Å². The highest BCUT2D eigenvalue weighted by atomic mass is 32.2. The van der Waals surface area contributed by atoms with Crippen molar-refractivity contribution in [3.63, 3.8) is 0 Å². The minimum Gasteiger partial charge on any atom is -0.497 e. The number of ether oxygens (including phenoxy) is 2. The van der Waals surface area contributed by atoms with E-state index in [1.807, 2.05) is 11.4 Å². The highest BCUT2D eigenvalue weighted by Crippen LogP contribution is 2.28. The van der Waals surface area contributed by atoms with Crippen molar-refractivity contribution in [1.29, 1.82) is 0 Å². The molecule has 10 heteroatoms. The lowest BCUT2D eigenvalue weighted by Gasteiger charge is -2.11. The zero-order chi connectivity index (χ0) is 18.6. The van der Waals surface area contributed by atoms with Crippen molar-refractivity contribution in [2.75, 3.05) is 20.8 Å². The predicted octanol–water partition coefficient (Wildman–Crippen LogP) is 1.87. The lowest BCUT2D eigenvalue weighted by Crippen LogP contribution is -2.26. The number of nitrogens with one attached hydrogen (secondary N) is 1. The summed E-state index contributed by atoms with van der Waals surface area (Å²) in [5.74, 6) is 0.697. The number of hydrogen-bond acceptors (Lipinski definition) is 7. The van der Waals surface area contributed by atoms with E-state index in [0.29, 0.717) is 12.2 Å². The summed E-state index contributed by atoms with van der Waals surface area (Å²) in [4.78, 5) is 4.48. The van der Waals surface area contributed by atoms with E-state index in [9.17, 15) is 8.42 Å². The summed E-state index contributed by atoms with van der Waals surface area (Å²) in [6, 6.07) is 6.45. The second-order valence-corrected chi connectivity index (χ2v) is 7.81. The van der Waals surface area contributed by atoms with E-state index in [2.05, 4.69) is 14.8 Å². The molecule has 0 saturated heterocycles. The van der Waals surface area contributed by atoms with Crippen LogP contribution in [0.25, 0.3) is 5.13 Å². The van der Waals surface area contributed by atoms with Crippen LogP contribution in [0.2, 0.25) is 0 Å². The summed E-state index contributed by atoms with van der Waals surface area (Å²) in [6.07, 6.45) is 3.94. The molecule has 1 aromatic carbocycles. The zero-order valence-electron chi connectivity index (χ0n) is 14.2. The van der Waals surface area contributed by atoms with Crippen molar-refractivity contribution in [3.05, 3.63) is 47.7 Å². The summed E-state index contributed by atoms with van der Waals surface area (Å²) < 4.78 is 39.6. The first-order valence-electron chi connectivity index (χ1n) is 7.69. The molecule has 0 atom stereocenters. The molecule has 0 fully saturated rings. The molecule has 0 saturated carbocycles. The van der Waals surface area contributed by atoms with Crippen molar-refractivity contribution in [2.45, 2.75) is 11.3 Å². The SMILES string of the molecule is COc1ccc(OC)c(S(=O)(=O)NCCc2csc(-n3cccn3)n2)c1. The number of hydrogen-bond donors (Lipinski definition) is 1. The van der Waals surface area contributed by atoms with Crippen LogP contribution >= 0.6 is 11.3 Å². The highest BCUT2D eigenvalue weighted by Gasteiger charge is 2.20. The Morgan fingerprint density at radius 1 is 1.27 bits per heavy atom. The third kappa shape index (κ3) is 4.03. The fourth-order valence-corrected chi connectivity index (χ4v) is 4.30. The third-order valence-corrected chi connectivity index (χ3v) is 5.93. The van der Waals surface area contributed by atoms with Crippen molar-refractivity contribution >= 4 is 21.4 Å². The second kappa shape index (κ2) is 7.85. The Morgan fingerprint density at radius 2 is 2.12 bits per heavy atom. The van der Waals surface area contributed by atoms with Crippen molar-refractivity contribution in [2.24, 2.45) is 0 Å². The lowest BCUT2D eigenvalue weighted by molar-refractivity contribution is 0.392. The van der Waals surface area contributed by atoms with Gasteiger partial charge in [-0.05, 0) is 18.2 Å². The van der Waals surface area contributed by atoms with Crippen molar-refractivity contribution in [3.8, 4) is 16.6 Å². The van der Waals surface area contributed by atoms with Gasteiger partial charge in [-0.1, -0.05) is 0 Å². The van der Waals surface area contributed by atoms with Crippen molar-refractivity contribution in [1.82, 2.24) is 19.5 Å². The minimum atomic E-state index is -3.74. The first kappa shape index (κ1) is 18.4. The molecule has 0 radical (unpaired) electrons. The van der Waals surface area contributed by atoms with Crippen molar-refractivity contribution < 1.29 is 17.9 Å². The van der Waals surface area contributed by atoms with Crippen LogP contribution in [0.4, 0.5) is 0 Å². The number of methoxy groups -OCH3 is 2. The van der Waals surface area contributed by atoms with Gasteiger partial charge >= 0.3 is 0 Å². The van der Waals surface area contributed by atoms with Gasteiger partial charge in [-0.3, -0.25) is 0 Å². The van der Waals surface area contributed by atoms with E-state index >= 15 is 0 Å². The van der Waals surface area contributed by atoms with Gasteiger partial charge in [-0.2, -0.15) is 5.10 Å². The van der Waals surface area contributed by atoms with Gasteiger partial charge in [0.2, 0.25) is 15.2 Å². The first-order chi connectivity index (χ1) is 12.5. The van der Waals surface area contributed by atoms with Crippen LogP contribution in [-0.2, 0) is 16.4 Å². The minimum absolute atomic E-state index is 0.0369. The number of thiazole rings is 1. The molecule has 0 bridgehead atoms. The van der Waals surface area contributed by atoms with Gasteiger partial charge < -0.3 is 9.47 Å². The average molecular weight is 394 g/mol. The van der Waals surface area contributed by atoms with Crippen LogP contribution in [0.3, 0.4) is 0 Å². The van der Waals surface area contributed by atoms with Gasteiger partial charge in [0, 0.05) is 36.8 Å². The molecule has 0 amide bonds. The molecule has 3 aromatic rings. The molecule has 8 nitrogen and oxygen atoms in total. The second-order valence-electron chi connectivity index (χ2n) is 5.24. The summed E-state index contributed by atoms with van der Waals surface area (Å²) in [5, 5.41) is 6.75. The Morgan fingerprint density at radius 3 is 2.81 bits per heavy atom. The lowest BCUT2D eigenvalue weighted by atomic mass is 10.3. The molecule has 1 N–H and O–H groups in total. The molecule has 2 aromatic heterocycles. The summed E-state index contributed by atoms with van der Waals surface area (Å²) in [7, 11) is -0.838. The number of nitrogens with zero attached hydrogens (tertiary/aromatic N) is 3. The maximum absolute atomic E-state index is 12.6. The first-order valence-corrected chi connectivity index (χ1v) is 10.1. The molecule has 2 heterocycles. The van der Waals surface area contributed by atoms with E-state index in [1.165, 1.54) is 31.6 Å². The van der Waals surface area contributed by atoms with E-state index in [1.54, 1.807) is 29.2 Å². The Hall–Kier alpha value is -2.43. The van der Waals surface area contributed by atoms with Gasteiger partial charge in [0.05, 0.1) is 19.9 Å². The molecule has 0 aliphatic rings. The van der Waals surface area contributed by atoms with Crippen LogP contribution in [0, 0.1) is 0 Å². The molecule has 3 rings (SSSR count). The summed E-state index contributed by atoms with van der Waals surface area (Å²) >= 11 is 1.45. The largest absolute Gasteiger partial charge is 0.497 e. The topological polar surface area (TPSA) is 95.3 Å². The maximum Gasteiger partial charge on any atom is 0.244 e. The number of aromatic nitrogens is 3. The molecule has 0 unspecified atom stereocenters. The maximum atomic E-state index is 12.6. The Labute approximate surface area is 155 Å². The van der Waals surface area contributed by atoms with E-state index in [4.69, 9.17) is 9.47 Å². The van der Waals surface area contributed by atoms with Crippen LogP contribution in [-0.4, -0.2) is 43.9 Å². The van der Waals surface area contributed by atoms with Gasteiger partial charge in [0.1, 0.15) is 16.4 Å². The normalized spacial score (nSPS) is 11.5. The summed E-state index contributed by atoms with van der Waals surface area (Å²) in [5.41, 5.74) is 0.792. The average Bonchev–Trinajstić information content (AvgIpc) is 3.32. The smallest absolute Gasteiger partial charge is 0.244 e.